The van der Waals surface area contributed by atoms with E-state index in [4.69, 9.17) is 25.5 Å². The number of ether oxygens (including phenoxy) is 1. The van der Waals surface area contributed by atoms with Gasteiger partial charge in [-0.15, -0.1) is 0 Å². The first kappa shape index (κ1) is 41.1. The summed E-state index contributed by atoms with van der Waals surface area (Å²) in [6.07, 6.45) is 3.49. The van der Waals surface area contributed by atoms with E-state index in [-0.39, 0.29) is 18.4 Å². The molecule has 0 radical (unpaired) electrons. The second-order valence-electron chi connectivity index (χ2n) is 16.7. The summed E-state index contributed by atoms with van der Waals surface area (Å²) in [5, 5.41) is 1.65. The molecule has 10 nitrogen and oxygen atoms in total. The number of hydrogen-bond donors (Lipinski definition) is 2. The highest BCUT2D eigenvalue weighted by Gasteiger charge is 2.55. The summed E-state index contributed by atoms with van der Waals surface area (Å²) in [6.45, 7) is 3.41. The van der Waals surface area contributed by atoms with Gasteiger partial charge in [0.05, 0.1) is 0 Å². The molecular formula is C51H51BN4O6. The molecule has 0 saturated carbocycles. The fraction of sp³-hybridized carbons (Fsp3) is 0.275. The van der Waals surface area contributed by atoms with Crippen molar-refractivity contribution >= 4 is 41.1 Å². The first-order chi connectivity index (χ1) is 30.3. The highest BCUT2D eigenvalue weighted by atomic mass is 16.7. The fourth-order valence-electron chi connectivity index (χ4n) is 9.31. The Kier molecular flexibility index (Phi) is 11.9. The molecule has 6 aromatic carbocycles. The zero-order valence-corrected chi connectivity index (χ0v) is 34.8. The molecule has 62 heavy (non-hydrogen) atoms. The van der Waals surface area contributed by atoms with Crippen LogP contribution in [0.25, 0.3) is 10.8 Å². The van der Waals surface area contributed by atoms with Crippen molar-refractivity contribution in [3.8, 4) is 5.75 Å². The van der Waals surface area contributed by atoms with E-state index in [1.54, 1.807) is 24.3 Å². The number of rotatable bonds is 11. The van der Waals surface area contributed by atoms with Gasteiger partial charge in [0.15, 0.2) is 0 Å². The lowest BCUT2D eigenvalue weighted by molar-refractivity contribution is -0.146. The van der Waals surface area contributed by atoms with E-state index in [2.05, 4.69) is 36.4 Å². The van der Waals surface area contributed by atoms with Crippen LogP contribution >= 0.6 is 0 Å². The summed E-state index contributed by atoms with van der Waals surface area (Å²) >= 11 is 0. The van der Waals surface area contributed by atoms with Crippen molar-refractivity contribution in [3.63, 3.8) is 0 Å². The number of benzene rings is 6. The van der Waals surface area contributed by atoms with E-state index >= 15 is 0 Å². The molecule has 0 aromatic heterocycles. The maximum absolute atomic E-state index is 14.1. The van der Waals surface area contributed by atoms with Gasteiger partial charge in [0.25, 0.3) is 11.8 Å². The summed E-state index contributed by atoms with van der Waals surface area (Å²) in [4.78, 5) is 45.8. The van der Waals surface area contributed by atoms with E-state index in [9.17, 15) is 14.4 Å². The third-order valence-corrected chi connectivity index (χ3v) is 12.9. The van der Waals surface area contributed by atoms with Gasteiger partial charge in [-0.25, -0.2) is 0 Å². The van der Waals surface area contributed by atoms with Crippen molar-refractivity contribution in [2.24, 2.45) is 11.5 Å². The standard InChI is InChI=1S/C51H51BN4O6/c53-32-35-8-4-11-40(28-35)37-20-24-55(25-21-37)48(57)42-13-6-16-45(30-42)60-34-51(43-14-2-1-3-15-43)50(59)61-52(62-51)44-19-18-39-10-7-17-46(47(39)31-44)49(58)56-26-22-38(23-27-56)41-12-5-9-36(29-41)33-54/h1-19,28-31,37-38H,20-27,32-34,53-54H2/t51-/m0/s1. The molecule has 6 aromatic rings. The van der Waals surface area contributed by atoms with Crippen molar-refractivity contribution in [2.75, 3.05) is 32.8 Å². The Morgan fingerprint density at radius 1 is 0.661 bits per heavy atom. The predicted octanol–water partition coefficient (Wildman–Crippen LogP) is 7.04. The summed E-state index contributed by atoms with van der Waals surface area (Å²) < 4.78 is 19.0. The lowest BCUT2D eigenvalue weighted by atomic mass is 9.77. The maximum atomic E-state index is 14.1. The van der Waals surface area contributed by atoms with Crippen LogP contribution in [0.15, 0.2) is 140 Å². The Bertz CT molecular complexity index is 2590. The van der Waals surface area contributed by atoms with Crippen LogP contribution < -0.4 is 21.7 Å². The average molecular weight is 827 g/mol. The number of piperidine rings is 2. The normalized spacial score (nSPS) is 18.5. The van der Waals surface area contributed by atoms with E-state index in [0.717, 1.165) is 47.6 Å². The lowest BCUT2D eigenvalue weighted by Gasteiger charge is -2.32. The maximum Gasteiger partial charge on any atom is 0.565 e. The minimum atomic E-state index is -1.60. The van der Waals surface area contributed by atoms with Crippen LogP contribution in [0.1, 0.15) is 86.1 Å². The minimum absolute atomic E-state index is 0.0305. The van der Waals surface area contributed by atoms with Gasteiger partial charge in [-0.3, -0.25) is 14.4 Å². The third-order valence-electron chi connectivity index (χ3n) is 12.9. The summed E-state index contributed by atoms with van der Waals surface area (Å²) in [6, 6.07) is 44.5. The Balaban J connectivity index is 0.897. The van der Waals surface area contributed by atoms with Gasteiger partial charge in [-0.1, -0.05) is 115 Å². The Labute approximate surface area is 362 Å². The number of amides is 2. The first-order valence-corrected chi connectivity index (χ1v) is 21.7. The molecule has 3 aliphatic rings. The van der Waals surface area contributed by atoms with Crippen molar-refractivity contribution in [1.82, 2.24) is 9.80 Å². The highest BCUT2D eigenvalue weighted by molar-refractivity contribution is 6.65. The Morgan fingerprint density at radius 3 is 1.92 bits per heavy atom. The van der Waals surface area contributed by atoms with Gasteiger partial charge >= 0.3 is 13.1 Å². The van der Waals surface area contributed by atoms with Crippen molar-refractivity contribution < 1.29 is 28.4 Å². The number of nitrogens with two attached hydrogens (primary N) is 2. The quantitative estimate of drug-likeness (QED) is 0.133. The van der Waals surface area contributed by atoms with Crippen LogP contribution in [-0.4, -0.2) is 67.5 Å². The lowest BCUT2D eigenvalue weighted by Crippen LogP contribution is -2.41. The number of fused-ring (bicyclic) bond motifs is 1. The summed E-state index contributed by atoms with van der Waals surface area (Å²) in [5.41, 5.74) is 17.2. The molecule has 11 heteroatoms. The molecule has 314 valence electrons. The molecule has 4 N–H and O–H groups in total. The summed E-state index contributed by atoms with van der Waals surface area (Å²) in [5.74, 6) is 0.497. The predicted molar refractivity (Wildman–Crippen MR) is 241 cm³/mol. The SMILES string of the molecule is NCc1cccc(C2CCN(C(=O)c3cccc(OC[C@@]4(c5ccccc5)OB(c5ccc6cccc(C(=O)N7CCC(c8cccc(CN)c8)CC7)c6c5)OC4=O)c3)CC2)c1. The Hall–Kier alpha value is -6.27. The van der Waals surface area contributed by atoms with Crippen LogP contribution in [-0.2, 0) is 32.8 Å². The number of carbonyl (C=O) groups excluding carboxylic acids is 3. The molecule has 9 rings (SSSR count). The van der Waals surface area contributed by atoms with Gasteiger partial charge in [0.2, 0.25) is 5.60 Å². The second-order valence-corrected chi connectivity index (χ2v) is 16.7. The second kappa shape index (κ2) is 18.0. The molecule has 3 fully saturated rings. The molecule has 0 bridgehead atoms. The zero-order chi connectivity index (χ0) is 42.6. The molecular weight excluding hydrogens is 775 g/mol. The van der Waals surface area contributed by atoms with E-state index in [1.807, 2.05) is 88.7 Å². The largest absolute Gasteiger partial charge is 0.565 e. The van der Waals surface area contributed by atoms with Gasteiger partial charge in [0, 0.05) is 50.4 Å². The molecule has 0 aliphatic carbocycles. The molecule has 3 aliphatic heterocycles. The van der Waals surface area contributed by atoms with Crippen LogP contribution in [0.4, 0.5) is 0 Å². The highest BCUT2D eigenvalue weighted by Crippen LogP contribution is 2.36. The Morgan fingerprint density at radius 2 is 1.27 bits per heavy atom. The van der Waals surface area contributed by atoms with Gasteiger partial charge in [-0.2, -0.15) is 0 Å². The number of nitrogens with zero attached hydrogens (tertiary/aromatic N) is 2. The number of likely N-dealkylation sites (tertiary alicyclic amines) is 2. The third kappa shape index (κ3) is 8.36. The summed E-state index contributed by atoms with van der Waals surface area (Å²) in [7, 11) is -1.06. The van der Waals surface area contributed by atoms with E-state index in [1.165, 1.54) is 11.1 Å². The topological polar surface area (TPSA) is 137 Å². The van der Waals surface area contributed by atoms with Crippen molar-refractivity contribution in [2.45, 2.75) is 56.2 Å². The van der Waals surface area contributed by atoms with Crippen LogP contribution in [0.2, 0.25) is 0 Å². The number of carbonyl (C=O) groups is 3. The van der Waals surface area contributed by atoms with Gasteiger partial charge in [-0.05, 0) is 106 Å². The molecule has 1 atom stereocenters. The molecule has 0 unspecified atom stereocenters. The van der Waals surface area contributed by atoms with Gasteiger partial charge in [0.1, 0.15) is 12.4 Å². The van der Waals surface area contributed by atoms with Crippen LogP contribution in [0.5, 0.6) is 5.75 Å². The average Bonchev–Trinajstić information content (AvgIpc) is 3.69. The van der Waals surface area contributed by atoms with E-state index in [0.29, 0.717) is 79.0 Å². The van der Waals surface area contributed by atoms with Crippen LogP contribution in [0.3, 0.4) is 0 Å². The monoisotopic (exact) mass is 826 g/mol. The van der Waals surface area contributed by atoms with Crippen LogP contribution in [0, 0.1) is 0 Å². The fourth-order valence-corrected chi connectivity index (χ4v) is 9.31. The molecule has 2 amide bonds. The van der Waals surface area contributed by atoms with E-state index < -0.39 is 18.7 Å². The molecule has 3 heterocycles. The molecule has 0 spiro atoms. The van der Waals surface area contributed by atoms with Crippen molar-refractivity contribution in [3.05, 3.63) is 178 Å². The zero-order valence-electron chi connectivity index (χ0n) is 34.8. The van der Waals surface area contributed by atoms with Gasteiger partial charge < -0.3 is 35.3 Å². The van der Waals surface area contributed by atoms with Crippen molar-refractivity contribution in [1.29, 1.82) is 0 Å². The minimum Gasteiger partial charge on any atom is -0.503 e. The first-order valence-electron chi connectivity index (χ1n) is 21.7. The number of hydrogen-bond acceptors (Lipinski definition) is 8. The molecule has 3 saturated heterocycles. The smallest absolute Gasteiger partial charge is 0.503 e.